The second-order valence-corrected chi connectivity index (χ2v) is 6.33. The lowest BCUT2D eigenvalue weighted by Gasteiger charge is -2.12. The topological polar surface area (TPSA) is 80.3 Å². The standard InChI is InChI=1S/C22H22O7/c1-6-20(23)28-14-7-12(2)21-18(10-14)29-19(22(21)24)9-13-8-16(26-4)17(27-5)11-15(13)25-3/h7-11H,6H2,1-5H3/b19-9-. The van der Waals surface area contributed by atoms with Gasteiger partial charge in [0.2, 0.25) is 5.78 Å². The average molecular weight is 398 g/mol. The molecule has 0 unspecified atom stereocenters. The number of allylic oxidation sites excluding steroid dienone is 1. The van der Waals surface area contributed by atoms with Crippen molar-refractivity contribution in [2.24, 2.45) is 0 Å². The predicted octanol–water partition coefficient (Wildman–Crippen LogP) is 3.95. The molecule has 2 aromatic rings. The molecule has 7 nitrogen and oxygen atoms in total. The van der Waals surface area contributed by atoms with Crippen molar-refractivity contribution in [2.75, 3.05) is 21.3 Å². The first-order valence-electron chi connectivity index (χ1n) is 9.01. The molecule has 3 rings (SSSR count). The summed E-state index contributed by atoms with van der Waals surface area (Å²) < 4.78 is 27.0. The summed E-state index contributed by atoms with van der Waals surface area (Å²) in [5.41, 5.74) is 1.69. The van der Waals surface area contributed by atoms with Crippen LogP contribution in [0.3, 0.4) is 0 Å². The molecule has 0 aromatic heterocycles. The molecule has 0 spiro atoms. The lowest BCUT2D eigenvalue weighted by molar-refractivity contribution is -0.134. The normalized spacial score (nSPS) is 13.7. The zero-order valence-corrected chi connectivity index (χ0v) is 17.0. The van der Waals surface area contributed by atoms with E-state index in [1.165, 1.54) is 21.3 Å². The fourth-order valence-corrected chi connectivity index (χ4v) is 3.05. The van der Waals surface area contributed by atoms with E-state index in [1.807, 2.05) is 0 Å². The van der Waals surface area contributed by atoms with E-state index in [0.717, 1.165) is 0 Å². The highest BCUT2D eigenvalue weighted by molar-refractivity contribution is 6.15. The Balaban J connectivity index is 2.01. The van der Waals surface area contributed by atoms with Crippen LogP contribution >= 0.6 is 0 Å². The van der Waals surface area contributed by atoms with E-state index in [0.29, 0.717) is 45.4 Å². The number of hydrogen-bond donors (Lipinski definition) is 0. The van der Waals surface area contributed by atoms with Crippen LogP contribution in [0, 0.1) is 6.92 Å². The van der Waals surface area contributed by atoms with Crippen LogP contribution in [-0.2, 0) is 4.79 Å². The van der Waals surface area contributed by atoms with Crippen LogP contribution in [0.5, 0.6) is 28.7 Å². The van der Waals surface area contributed by atoms with E-state index >= 15 is 0 Å². The molecule has 1 aliphatic rings. The molecule has 0 bridgehead atoms. The number of rotatable bonds is 6. The predicted molar refractivity (Wildman–Crippen MR) is 106 cm³/mol. The maximum atomic E-state index is 12.9. The number of carbonyl (C=O) groups excluding carboxylic acids is 2. The van der Waals surface area contributed by atoms with E-state index in [1.54, 1.807) is 44.2 Å². The lowest BCUT2D eigenvalue weighted by Crippen LogP contribution is -2.06. The van der Waals surface area contributed by atoms with Gasteiger partial charge in [-0.05, 0) is 30.7 Å². The number of fused-ring (bicyclic) bond motifs is 1. The first kappa shape index (κ1) is 20.3. The average Bonchev–Trinajstić information content (AvgIpc) is 3.02. The van der Waals surface area contributed by atoms with Gasteiger partial charge in [-0.15, -0.1) is 0 Å². The highest BCUT2D eigenvalue weighted by atomic mass is 16.5. The van der Waals surface area contributed by atoms with Gasteiger partial charge in [0.15, 0.2) is 17.3 Å². The van der Waals surface area contributed by atoms with Crippen LogP contribution in [0.2, 0.25) is 0 Å². The molecule has 0 N–H and O–H groups in total. The van der Waals surface area contributed by atoms with Crippen molar-refractivity contribution in [1.29, 1.82) is 0 Å². The first-order valence-corrected chi connectivity index (χ1v) is 9.01. The number of ketones is 1. The van der Waals surface area contributed by atoms with Gasteiger partial charge in [0.05, 0.1) is 26.9 Å². The molecular formula is C22H22O7. The van der Waals surface area contributed by atoms with Gasteiger partial charge in [-0.3, -0.25) is 9.59 Å². The van der Waals surface area contributed by atoms with Crippen LogP contribution in [0.15, 0.2) is 30.0 Å². The number of Topliss-reactive ketones (excluding diaryl/α,β-unsaturated/α-hetero) is 1. The number of ether oxygens (including phenoxy) is 5. The second-order valence-electron chi connectivity index (χ2n) is 6.33. The quantitative estimate of drug-likeness (QED) is 0.414. The van der Waals surface area contributed by atoms with Crippen molar-refractivity contribution < 1.29 is 33.3 Å². The summed E-state index contributed by atoms with van der Waals surface area (Å²) in [6, 6.07) is 6.56. The van der Waals surface area contributed by atoms with E-state index in [9.17, 15) is 9.59 Å². The van der Waals surface area contributed by atoms with Crippen LogP contribution in [0.1, 0.15) is 34.8 Å². The fourth-order valence-electron chi connectivity index (χ4n) is 3.05. The van der Waals surface area contributed by atoms with Gasteiger partial charge in [0.1, 0.15) is 17.2 Å². The molecule has 2 aromatic carbocycles. The maximum Gasteiger partial charge on any atom is 0.310 e. The molecule has 1 aliphatic heterocycles. The van der Waals surface area contributed by atoms with Gasteiger partial charge in [0.25, 0.3) is 0 Å². The Kier molecular flexibility index (Phi) is 5.77. The monoisotopic (exact) mass is 398 g/mol. The molecule has 0 amide bonds. The molecule has 0 fully saturated rings. The van der Waals surface area contributed by atoms with E-state index < -0.39 is 0 Å². The molecule has 0 atom stereocenters. The third-order valence-electron chi connectivity index (χ3n) is 4.49. The van der Waals surface area contributed by atoms with Gasteiger partial charge in [-0.25, -0.2) is 0 Å². The summed E-state index contributed by atoms with van der Waals surface area (Å²) in [4.78, 5) is 24.5. The smallest absolute Gasteiger partial charge is 0.310 e. The minimum atomic E-state index is -0.362. The minimum absolute atomic E-state index is 0.132. The summed E-state index contributed by atoms with van der Waals surface area (Å²) in [6.45, 7) is 3.48. The molecule has 1 heterocycles. The van der Waals surface area contributed by atoms with E-state index in [4.69, 9.17) is 23.7 Å². The van der Waals surface area contributed by atoms with Crippen LogP contribution < -0.4 is 23.7 Å². The summed E-state index contributed by atoms with van der Waals surface area (Å²) in [7, 11) is 4.58. The Bertz CT molecular complexity index is 1000. The van der Waals surface area contributed by atoms with E-state index in [2.05, 4.69) is 0 Å². The molecule has 0 aliphatic carbocycles. The third kappa shape index (κ3) is 3.89. The Hall–Kier alpha value is -3.48. The Labute approximate surface area is 168 Å². The number of aryl methyl sites for hydroxylation is 1. The lowest BCUT2D eigenvalue weighted by atomic mass is 10.0. The number of benzene rings is 2. The fraction of sp³-hybridized carbons (Fsp3) is 0.273. The highest BCUT2D eigenvalue weighted by Gasteiger charge is 2.30. The number of hydrogen-bond acceptors (Lipinski definition) is 7. The highest BCUT2D eigenvalue weighted by Crippen LogP contribution is 2.40. The van der Waals surface area contributed by atoms with Gasteiger partial charge in [0, 0.05) is 24.1 Å². The molecule has 7 heteroatoms. The molecule has 29 heavy (non-hydrogen) atoms. The molecule has 152 valence electrons. The van der Waals surface area contributed by atoms with Gasteiger partial charge in [-0.2, -0.15) is 0 Å². The van der Waals surface area contributed by atoms with Crippen molar-refractivity contribution in [1.82, 2.24) is 0 Å². The van der Waals surface area contributed by atoms with Gasteiger partial charge < -0.3 is 23.7 Å². The van der Waals surface area contributed by atoms with Gasteiger partial charge >= 0.3 is 5.97 Å². The van der Waals surface area contributed by atoms with Gasteiger partial charge in [-0.1, -0.05) is 6.92 Å². The summed E-state index contributed by atoms with van der Waals surface area (Å²) in [5.74, 6) is 1.69. The third-order valence-corrected chi connectivity index (χ3v) is 4.49. The molecule has 0 saturated carbocycles. The summed E-state index contributed by atoms with van der Waals surface area (Å²) >= 11 is 0. The van der Waals surface area contributed by atoms with Crippen LogP contribution in [0.25, 0.3) is 6.08 Å². The van der Waals surface area contributed by atoms with E-state index in [-0.39, 0.29) is 23.9 Å². The summed E-state index contributed by atoms with van der Waals surface area (Å²) in [6.07, 6.45) is 1.83. The minimum Gasteiger partial charge on any atom is -0.496 e. The zero-order chi connectivity index (χ0) is 21.1. The molecular weight excluding hydrogens is 376 g/mol. The Morgan fingerprint density at radius 2 is 1.66 bits per heavy atom. The number of carbonyl (C=O) groups is 2. The number of methoxy groups -OCH3 is 3. The Morgan fingerprint density at radius 1 is 1.00 bits per heavy atom. The van der Waals surface area contributed by atoms with Crippen LogP contribution in [-0.4, -0.2) is 33.1 Å². The van der Waals surface area contributed by atoms with Crippen LogP contribution in [0.4, 0.5) is 0 Å². The Morgan fingerprint density at radius 3 is 2.28 bits per heavy atom. The van der Waals surface area contributed by atoms with Crippen molar-refractivity contribution in [2.45, 2.75) is 20.3 Å². The maximum absolute atomic E-state index is 12.9. The van der Waals surface area contributed by atoms with Crippen molar-refractivity contribution in [3.63, 3.8) is 0 Å². The second kappa shape index (κ2) is 8.26. The van der Waals surface area contributed by atoms with Crippen molar-refractivity contribution in [3.8, 4) is 28.7 Å². The van der Waals surface area contributed by atoms with Crippen molar-refractivity contribution >= 4 is 17.8 Å². The molecule has 0 saturated heterocycles. The number of esters is 1. The first-order chi connectivity index (χ1) is 13.9. The SMILES string of the molecule is CCC(=O)Oc1cc(C)c2c(c1)O/C(=C\c1cc(OC)c(OC)cc1OC)C2=O. The largest absolute Gasteiger partial charge is 0.496 e. The molecule has 0 radical (unpaired) electrons. The zero-order valence-electron chi connectivity index (χ0n) is 17.0. The van der Waals surface area contributed by atoms with Crippen molar-refractivity contribution in [3.05, 3.63) is 46.7 Å². The summed E-state index contributed by atoms with van der Waals surface area (Å²) in [5, 5.41) is 0.